The predicted octanol–water partition coefficient (Wildman–Crippen LogP) is 4.04. The number of hydrogen-bond donors (Lipinski definition) is 2. The van der Waals surface area contributed by atoms with Gasteiger partial charge in [0.15, 0.2) is 0 Å². The molecule has 1 saturated carbocycles. The molecule has 0 radical (unpaired) electrons. The molecule has 0 aromatic carbocycles. The van der Waals surface area contributed by atoms with Gasteiger partial charge >= 0.3 is 0 Å². The molecule has 6 rings (SSSR count). The highest BCUT2D eigenvalue weighted by atomic mass is 16.5. The van der Waals surface area contributed by atoms with E-state index in [-0.39, 0.29) is 0 Å². The highest BCUT2D eigenvalue weighted by Crippen LogP contribution is 2.32. The Hall–Kier alpha value is -3.72. The van der Waals surface area contributed by atoms with E-state index < -0.39 is 0 Å². The van der Waals surface area contributed by atoms with Crippen LogP contribution >= 0.6 is 0 Å². The molecule has 9 heteroatoms. The van der Waals surface area contributed by atoms with Crippen LogP contribution in [-0.2, 0) is 11.8 Å². The summed E-state index contributed by atoms with van der Waals surface area (Å²) < 4.78 is 9.16. The first-order valence-corrected chi connectivity index (χ1v) is 11.3. The third-order valence-corrected chi connectivity index (χ3v) is 6.62. The summed E-state index contributed by atoms with van der Waals surface area (Å²) in [5.74, 6) is 0.668. The molecule has 5 aromatic heterocycles. The van der Waals surface area contributed by atoms with Gasteiger partial charge in [-0.25, -0.2) is 9.50 Å². The lowest BCUT2D eigenvalue weighted by molar-refractivity contribution is 0.0681. The topological polar surface area (TPSA) is 98.0 Å². The highest BCUT2D eigenvalue weighted by molar-refractivity contribution is 5.95. The molecule has 1 aliphatic carbocycles. The van der Waals surface area contributed by atoms with Gasteiger partial charge in [-0.3, -0.25) is 4.68 Å². The van der Waals surface area contributed by atoms with Gasteiger partial charge < -0.3 is 15.0 Å². The molecule has 0 saturated heterocycles. The molecule has 0 atom stereocenters. The second-order valence-electron chi connectivity index (χ2n) is 8.72. The van der Waals surface area contributed by atoms with Gasteiger partial charge in [-0.15, -0.1) is 0 Å². The lowest BCUT2D eigenvalue weighted by atomic mass is 9.93. The Labute approximate surface area is 190 Å². The smallest absolute Gasteiger partial charge is 0.224 e. The molecule has 0 spiro atoms. The number of nitrogens with one attached hydrogen (secondary N) is 2. The van der Waals surface area contributed by atoms with Crippen LogP contribution in [0.15, 0.2) is 49.3 Å². The maximum Gasteiger partial charge on any atom is 0.224 e. The molecule has 1 fully saturated rings. The van der Waals surface area contributed by atoms with Crippen molar-refractivity contribution in [2.75, 3.05) is 12.4 Å². The molecular weight excluding hydrogens is 416 g/mol. The Balaban J connectivity index is 1.29. The third kappa shape index (κ3) is 3.64. The number of ether oxygens (including phenoxy) is 1. The van der Waals surface area contributed by atoms with Gasteiger partial charge in [0.2, 0.25) is 5.95 Å². The molecule has 0 amide bonds. The number of H-pyrrole nitrogens is 1. The van der Waals surface area contributed by atoms with Crippen LogP contribution in [0.2, 0.25) is 0 Å². The van der Waals surface area contributed by atoms with Crippen LogP contribution in [0, 0.1) is 0 Å². The van der Waals surface area contributed by atoms with E-state index in [0.29, 0.717) is 18.1 Å². The minimum atomic E-state index is 0.379. The van der Waals surface area contributed by atoms with E-state index in [4.69, 9.17) is 9.72 Å². The first-order valence-electron chi connectivity index (χ1n) is 11.3. The number of aryl methyl sites for hydroxylation is 1. The van der Waals surface area contributed by atoms with Gasteiger partial charge in [0.05, 0.1) is 24.0 Å². The number of aromatic amines is 1. The van der Waals surface area contributed by atoms with Crippen molar-refractivity contribution in [3.63, 3.8) is 0 Å². The van der Waals surface area contributed by atoms with Gasteiger partial charge in [-0.05, 0) is 43.4 Å². The molecule has 9 nitrogen and oxygen atoms in total. The van der Waals surface area contributed by atoms with Crippen molar-refractivity contribution in [2.24, 2.45) is 7.05 Å². The van der Waals surface area contributed by atoms with Gasteiger partial charge in [0.1, 0.15) is 5.65 Å². The largest absolute Gasteiger partial charge is 0.381 e. The summed E-state index contributed by atoms with van der Waals surface area (Å²) in [6.07, 6.45) is 16.3. The van der Waals surface area contributed by atoms with Crippen LogP contribution in [0.4, 0.5) is 5.95 Å². The van der Waals surface area contributed by atoms with Crippen LogP contribution in [0.5, 0.6) is 0 Å². The summed E-state index contributed by atoms with van der Waals surface area (Å²) in [5, 5.41) is 13.3. The molecule has 33 heavy (non-hydrogen) atoms. The minimum absolute atomic E-state index is 0.379. The third-order valence-electron chi connectivity index (χ3n) is 6.62. The normalized spacial score (nSPS) is 18.8. The van der Waals surface area contributed by atoms with Gasteiger partial charge in [-0.1, -0.05) is 0 Å². The van der Waals surface area contributed by atoms with Crippen LogP contribution in [0.3, 0.4) is 0 Å². The molecule has 2 N–H and O–H groups in total. The lowest BCUT2D eigenvalue weighted by Gasteiger charge is -2.28. The monoisotopic (exact) mass is 442 g/mol. The summed E-state index contributed by atoms with van der Waals surface area (Å²) >= 11 is 0. The molecule has 5 heterocycles. The van der Waals surface area contributed by atoms with Crippen LogP contribution in [-0.4, -0.2) is 53.6 Å². The zero-order valence-electron chi connectivity index (χ0n) is 18.7. The summed E-state index contributed by atoms with van der Waals surface area (Å²) in [4.78, 5) is 12.7. The second-order valence-corrected chi connectivity index (χ2v) is 8.72. The molecule has 0 bridgehead atoms. The van der Waals surface area contributed by atoms with E-state index in [1.54, 1.807) is 11.8 Å². The van der Waals surface area contributed by atoms with Crippen molar-refractivity contribution < 1.29 is 4.74 Å². The zero-order valence-corrected chi connectivity index (χ0v) is 18.7. The standard InChI is InChI=1S/C24H26N8O/c1-31-14-16(10-27-31)20-13-28-32-8-7-15(9-22(20)32)19-11-25-23-21(19)12-26-24(30-23)29-17-3-5-18(33-2)6-4-17/h7-14,17-18H,3-6H2,1-2H3,(H2,25,26,29,30)/t17-,18+. The van der Waals surface area contributed by atoms with Crippen molar-refractivity contribution >= 4 is 22.5 Å². The lowest BCUT2D eigenvalue weighted by Crippen LogP contribution is -2.29. The van der Waals surface area contributed by atoms with E-state index in [9.17, 15) is 0 Å². The second kappa shape index (κ2) is 8.00. The van der Waals surface area contributed by atoms with E-state index in [0.717, 1.165) is 64.5 Å². The van der Waals surface area contributed by atoms with Crippen molar-refractivity contribution in [3.05, 3.63) is 49.3 Å². The van der Waals surface area contributed by atoms with Crippen molar-refractivity contribution in [2.45, 2.75) is 37.8 Å². The molecular formula is C24H26N8O. The van der Waals surface area contributed by atoms with E-state index >= 15 is 0 Å². The highest BCUT2D eigenvalue weighted by Gasteiger charge is 2.21. The number of pyridine rings is 1. The maximum atomic E-state index is 5.47. The first-order chi connectivity index (χ1) is 16.2. The Morgan fingerprint density at radius 3 is 2.73 bits per heavy atom. The summed E-state index contributed by atoms with van der Waals surface area (Å²) in [6, 6.07) is 4.60. The van der Waals surface area contributed by atoms with Gasteiger partial charge in [0, 0.05) is 67.1 Å². The molecule has 5 aromatic rings. The fourth-order valence-corrected chi connectivity index (χ4v) is 4.77. The van der Waals surface area contributed by atoms with Crippen molar-refractivity contribution in [1.29, 1.82) is 0 Å². The fraction of sp³-hybridized carbons (Fsp3) is 0.333. The average Bonchev–Trinajstić information content (AvgIpc) is 3.56. The molecule has 1 aliphatic rings. The summed E-state index contributed by atoms with van der Waals surface area (Å²) in [5.41, 5.74) is 6.10. The zero-order chi connectivity index (χ0) is 22.4. The maximum absolute atomic E-state index is 5.47. The van der Waals surface area contributed by atoms with Gasteiger partial charge in [-0.2, -0.15) is 15.2 Å². The molecule has 0 unspecified atom stereocenters. The average molecular weight is 443 g/mol. The Morgan fingerprint density at radius 1 is 1.06 bits per heavy atom. The Kier molecular flexibility index (Phi) is 4.83. The van der Waals surface area contributed by atoms with E-state index in [2.05, 4.69) is 37.6 Å². The number of fused-ring (bicyclic) bond motifs is 2. The van der Waals surface area contributed by atoms with Crippen molar-refractivity contribution in [3.8, 4) is 22.3 Å². The number of methoxy groups -OCH3 is 1. The van der Waals surface area contributed by atoms with Crippen LogP contribution < -0.4 is 5.32 Å². The SMILES string of the molecule is CO[C@H]1CC[C@@H](Nc2ncc3c(-c4ccn5ncc(-c6cnn(C)c6)c5c4)c[nH]c3n2)CC1. The molecule has 0 aliphatic heterocycles. The van der Waals surface area contributed by atoms with E-state index in [1.807, 2.05) is 48.7 Å². The Morgan fingerprint density at radius 2 is 1.94 bits per heavy atom. The van der Waals surface area contributed by atoms with Gasteiger partial charge in [0.25, 0.3) is 0 Å². The minimum Gasteiger partial charge on any atom is -0.381 e. The number of aromatic nitrogens is 7. The summed E-state index contributed by atoms with van der Waals surface area (Å²) in [7, 11) is 3.71. The fourth-order valence-electron chi connectivity index (χ4n) is 4.77. The number of anilines is 1. The first kappa shape index (κ1) is 19.9. The van der Waals surface area contributed by atoms with Crippen LogP contribution in [0.25, 0.3) is 38.8 Å². The Bertz CT molecular complexity index is 1420. The van der Waals surface area contributed by atoms with Crippen LogP contribution in [0.1, 0.15) is 25.7 Å². The predicted molar refractivity (Wildman–Crippen MR) is 127 cm³/mol. The van der Waals surface area contributed by atoms with E-state index in [1.165, 1.54) is 0 Å². The quantitative estimate of drug-likeness (QED) is 0.426. The summed E-state index contributed by atoms with van der Waals surface area (Å²) in [6.45, 7) is 0. The molecule has 168 valence electrons. The van der Waals surface area contributed by atoms with Crippen molar-refractivity contribution in [1.82, 2.24) is 34.3 Å². The number of nitrogens with zero attached hydrogens (tertiary/aromatic N) is 6. The number of rotatable bonds is 5. The number of hydrogen-bond acceptors (Lipinski definition) is 6.